The molecular weight excluding hydrogens is 204 g/mol. The van der Waals surface area contributed by atoms with Crippen molar-refractivity contribution in [3.63, 3.8) is 0 Å². The smallest absolute Gasteiger partial charge is 0.335 e. The number of hydrogen-bond acceptors (Lipinski definition) is 2. The van der Waals surface area contributed by atoms with Gasteiger partial charge in [-0.15, -0.1) is 0 Å². The molecule has 2 rings (SSSR count). The van der Waals surface area contributed by atoms with Crippen LogP contribution in [-0.4, -0.2) is 16.2 Å². The van der Waals surface area contributed by atoms with E-state index in [2.05, 4.69) is 0 Å². The molecule has 0 heterocycles. The van der Waals surface area contributed by atoms with Crippen molar-refractivity contribution in [2.24, 2.45) is 5.92 Å². The van der Waals surface area contributed by atoms with E-state index in [0.717, 1.165) is 17.5 Å². The number of carboxylic acid groups (broad SMARTS) is 1. The predicted molar refractivity (Wildman–Crippen MR) is 60.5 cm³/mol. The summed E-state index contributed by atoms with van der Waals surface area (Å²) in [6.07, 6.45) is 1.44. The minimum Gasteiger partial charge on any atom is -0.478 e. The Hall–Kier alpha value is -1.35. The fourth-order valence-electron chi connectivity index (χ4n) is 2.42. The van der Waals surface area contributed by atoms with Crippen molar-refractivity contribution in [3.05, 3.63) is 34.9 Å². The number of benzene rings is 1. The molecule has 0 fully saturated rings. The van der Waals surface area contributed by atoms with Gasteiger partial charge in [-0.25, -0.2) is 4.79 Å². The second-order valence-corrected chi connectivity index (χ2v) is 4.76. The summed E-state index contributed by atoms with van der Waals surface area (Å²) in [5.74, 6) is -0.771. The second-order valence-electron chi connectivity index (χ2n) is 4.76. The molecule has 2 N–H and O–H groups in total. The Labute approximate surface area is 94.7 Å². The van der Waals surface area contributed by atoms with Gasteiger partial charge in [-0.05, 0) is 42.0 Å². The summed E-state index contributed by atoms with van der Waals surface area (Å²) in [5, 5.41) is 19.4. The van der Waals surface area contributed by atoms with Crippen molar-refractivity contribution < 1.29 is 15.0 Å². The first-order valence-electron chi connectivity index (χ1n) is 5.54. The van der Waals surface area contributed by atoms with Gasteiger partial charge in [-0.2, -0.15) is 0 Å². The third-order valence-electron chi connectivity index (χ3n) is 3.55. The average molecular weight is 220 g/mol. The molecule has 3 heteroatoms. The van der Waals surface area contributed by atoms with Crippen molar-refractivity contribution >= 4 is 5.97 Å². The molecular formula is C13H16O3. The van der Waals surface area contributed by atoms with Crippen LogP contribution in [0.3, 0.4) is 0 Å². The van der Waals surface area contributed by atoms with E-state index in [0.29, 0.717) is 12.0 Å². The Balaban J connectivity index is 2.47. The van der Waals surface area contributed by atoms with E-state index in [1.165, 1.54) is 0 Å². The minimum atomic E-state index is -0.914. The van der Waals surface area contributed by atoms with Crippen molar-refractivity contribution in [2.75, 3.05) is 0 Å². The first kappa shape index (κ1) is 11.1. The average Bonchev–Trinajstić information content (AvgIpc) is 2.57. The van der Waals surface area contributed by atoms with Crippen LogP contribution in [0.25, 0.3) is 0 Å². The molecule has 1 aromatic carbocycles. The Morgan fingerprint density at radius 3 is 2.69 bits per heavy atom. The van der Waals surface area contributed by atoms with Gasteiger partial charge < -0.3 is 10.2 Å². The molecule has 1 aromatic rings. The number of carboxylic acids is 1. The van der Waals surface area contributed by atoms with Crippen LogP contribution in [0.1, 0.15) is 41.8 Å². The van der Waals surface area contributed by atoms with Gasteiger partial charge in [0, 0.05) is 0 Å². The number of aromatic carboxylic acids is 1. The normalized spacial score (nSPS) is 23.5. The minimum absolute atomic E-state index is 0.143. The highest BCUT2D eigenvalue weighted by atomic mass is 16.4. The third kappa shape index (κ3) is 1.52. The number of hydrogen-bond donors (Lipinski definition) is 2. The van der Waals surface area contributed by atoms with Crippen molar-refractivity contribution in [1.29, 1.82) is 0 Å². The molecule has 0 spiro atoms. The fraction of sp³-hybridized carbons (Fsp3) is 0.462. The molecule has 0 aromatic heterocycles. The number of aliphatic hydroxyl groups is 1. The Morgan fingerprint density at radius 1 is 1.44 bits per heavy atom. The molecule has 0 amide bonds. The van der Waals surface area contributed by atoms with Gasteiger partial charge in [-0.3, -0.25) is 0 Å². The van der Waals surface area contributed by atoms with Crippen LogP contribution in [-0.2, 0) is 12.0 Å². The standard InChI is InChI=1S/C13H16O3/c1-8(2)13(16)6-5-9-7-10(12(14)15)3-4-11(9)13/h3-4,7-8,16H,5-6H2,1-2H3,(H,14,15)/t13-/m0/s1. The maximum atomic E-state index is 10.8. The van der Waals surface area contributed by atoms with E-state index in [9.17, 15) is 9.90 Å². The zero-order valence-electron chi connectivity index (χ0n) is 9.53. The molecule has 0 saturated heterocycles. The largest absolute Gasteiger partial charge is 0.478 e. The topological polar surface area (TPSA) is 57.5 Å². The van der Waals surface area contributed by atoms with Crippen LogP contribution in [0.15, 0.2) is 18.2 Å². The molecule has 1 aliphatic carbocycles. The first-order chi connectivity index (χ1) is 7.45. The number of aryl methyl sites for hydroxylation is 1. The summed E-state index contributed by atoms with van der Waals surface area (Å²) < 4.78 is 0. The van der Waals surface area contributed by atoms with Crippen molar-refractivity contribution in [2.45, 2.75) is 32.3 Å². The maximum absolute atomic E-state index is 10.8. The zero-order valence-corrected chi connectivity index (χ0v) is 9.53. The van der Waals surface area contributed by atoms with Crippen LogP contribution >= 0.6 is 0 Å². The quantitative estimate of drug-likeness (QED) is 0.803. The number of fused-ring (bicyclic) bond motifs is 1. The molecule has 1 aliphatic rings. The van der Waals surface area contributed by atoms with Gasteiger partial charge in [0.25, 0.3) is 0 Å². The molecule has 0 radical (unpaired) electrons. The SMILES string of the molecule is CC(C)[C@@]1(O)CCc2cc(C(=O)O)ccc21. The molecule has 0 bridgehead atoms. The Kier molecular flexibility index (Phi) is 2.50. The number of rotatable bonds is 2. The van der Waals surface area contributed by atoms with Crippen LogP contribution < -0.4 is 0 Å². The third-order valence-corrected chi connectivity index (χ3v) is 3.55. The van der Waals surface area contributed by atoms with E-state index < -0.39 is 11.6 Å². The Morgan fingerprint density at radius 2 is 2.12 bits per heavy atom. The van der Waals surface area contributed by atoms with Gasteiger partial charge in [0.05, 0.1) is 11.2 Å². The van der Waals surface area contributed by atoms with Gasteiger partial charge in [0.1, 0.15) is 0 Å². The van der Waals surface area contributed by atoms with Crippen molar-refractivity contribution in [3.8, 4) is 0 Å². The molecule has 0 aliphatic heterocycles. The van der Waals surface area contributed by atoms with Crippen LogP contribution in [0.2, 0.25) is 0 Å². The highest BCUT2D eigenvalue weighted by Gasteiger charge is 2.39. The first-order valence-corrected chi connectivity index (χ1v) is 5.54. The van der Waals surface area contributed by atoms with Gasteiger partial charge >= 0.3 is 5.97 Å². The van der Waals surface area contributed by atoms with E-state index in [1.807, 2.05) is 13.8 Å². The molecule has 0 unspecified atom stereocenters. The molecule has 1 atom stereocenters. The summed E-state index contributed by atoms with van der Waals surface area (Å²) >= 11 is 0. The summed E-state index contributed by atoms with van der Waals surface area (Å²) in [5.41, 5.74) is 1.38. The highest BCUT2D eigenvalue weighted by Crippen LogP contribution is 2.42. The lowest BCUT2D eigenvalue weighted by Gasteiger charge is -2.28. The fourth-order valence-corrected chi connectivity index (χ4v) is 2.42. The monoisotopic (exact) mass is 220 g/mol. The van der Waals surface area contributed by atoms with Crippen LogP contribution in [0, 0.1) is 5.92 Å². The van der Waals surface area contributed by atoms with E-state index in [1.54, 1.807) is 18.2 Å². The van der Waals surface area contributed by atoms with E-state index in [-0.39, 0.29) is 5.92 Å². The molecule has 0 saturated carbocycles. The lowest BCUT2D eigenvalue weighted by molar-refractivity contribution is -0.00820. The van der Waals surface area contributed by atoms with Crippen LogP contribution in [0.4, 0.5) is 0 Å². The summed E-state index contributed by atoms with van der Waals surface area (Å²) in [4.78, 5) is 10.8. The van der Waals surface area contributed by atoms with Gasteiger partial charge in [-0.1, -0.05) is 19.9 Å². The predicted octanol–water partition coefficient (Wildman–Crippen LogP) is 2.17. The van der Waals surface area contributed by atoms with Gasteiger partial charge in [0.15, 0.2) is 0 Å². The molecule has 16 heavy (non-hydrogen) atoms. The second kappa shape index (κ2) is 3.59. The Bertz CT molecular complexity index is 437. The lowest BCUT2D eigenvalue weighted by Crippen LogP contribution is -2.28. The molecule has 3 nitrogen and oxygen atoms in total. The molecule has 86 valence electrons. The zero-order chi connectivity index (χ0) is 11.9. The summed E-state index contributed by atoms with van der Waals surface area (Å²) in [6, 6.07) is 5.00. The number of carbonyl (C=O) groups is 1. The van der Waals surface area contributed by atoms with Crippen molar-refractivity contribution in [1.82, 2.24) is 0 Å². The maximum Gasteiger partial charge on any atom is 0.335 e. The highest BCUT2D eigenvalue weighted by molar-refractivity contribution is 5.88. The van der Waals surface area contributed by atoms with Gasteiger partial charge in [0.2, 0.25) is 0 Å². The van der Waals surface area contributed by atoms with E-state index in [4.69, 9.17) is 5.11 Å². The lowest BCUT2D eigenvalue weighted by atomic mass is 9.84. The van der Waals surface area contributed by atoms with Crippen LogP contribution in [0.5, 0.6) is 0 Å². The summed E-state index contributed by atoms with van der Waals surface area (Å²) in [7, 11) is 0. The van der Waals surface area contributed by atoms with E-state index >= 15 is 0 Å². The summed E-state index contributed by atoms with van der Waals surface area (Å²) in [6.45, 7) is 3.97.